The molecule has 0 saturated carbocycles. The maximum absolute atomic E-state index is 12.6. The van der Waals surface area contributed by atoms with Gasteiger partial charge in [-0.3, -0.25) is 0 Å². The Balaban J connectivity index is 2.22. The number of benzene rings is 1. The summed E-state index contributed by atoms with van der Waals surface area (Å²) in [7, 11) is 0. The summed E-state index contributed by atoms with van der Waals surface area (Å²) in [5, 5.41) is 0. The highest BCUT2D eigenvalue weighted by molar-refractivity contribution is 5.56. The van der Waals surface area contributed by atoms with Crippen LogP contribution < -0.4 is 10.6 Å². The summed E-state index contributed by atoms with van der Waals surface area (Å²) in [6, 6.07) is 5.88. The van der Waals surface area contributed by atoms with Crippen molar-refractivity contribution in [2.75, 3.05) is 18.0 Å². The molecule has 19 heavy (non-hydrogen) atoms. The molecule has 0 spiro atoms. The van der Waals surface area contributed by atoms with Gasteiger partial charge in [0.15, 0.2) is 0 Å². The Hall–Kier alpha value is -1.49. The van der Waals surface area contributed by atoms with Crippen LogP contribution in [0.15, 0.2) is 29.8 Å². The third-order valence-corrected chi connectivity index (χ3v) is 3.37. The lowest BCUT2D eigenvalue weighted by Crippen LogP contribution is -2.32. The second-order valence-corrected chi connectivity index (χ2v) is 4.76. The van der Waals surface area contributed by atoms with Gasteiger partial charge in [0.25, 0.3) is 0 Å². The third-order valence-electron chi connectivity index (χ3n) is 3.37. The Kier molecular flexibility index (Phi) is 3.85. The molecule has 104 valence electrons. The van der Waals surface area contributed by atoms with Crippen molar-refractivity contribution in [2.24, 2.45) is 5.73 Å². The molecule has 2 rings (SSSR count). The van der Waals surface area contributed by atoms with Crippen molar-refractivity contribution >= 4 is 5.69 Å². The predicted octanol–water partition coefficient (Wildman–Crippen LogP) is 3.15. The minimum atomic E-state index is -4.20. The lowest BCUT2D eigenvalue weighted by atomic mass is 10.0. The van der Waals surface area contributed by atoms with Crippen molar-refractivity contribution in [3.05, 3.63) is 41.0 Å². The van der Waals surface area contributed by atoms with E-state index in [0.717, 1.165) is 16.8 Å². The second kappa shape index (κ2) is 5.25. The summed E-state index contributed by atoms with van der Waals surface area (Å²) in [6.45, 7) is 3.01. The maximum Gasteiger partial charge on any atom is 0.412 e. The number of anilines is 1. The van der Waals surface area contributed by atoms with E-state index in [1.165, 1.54) is 6.08 Å². The standard InChI is InChI=1S/C14H17F3N2/c1-10-2-3-11(9-18)13(8-10)19-6-4-12(5-7-19)14(15,16)17/h2-4,8H,5-7,9,18H2,1H3. The molecule has 1 aromatic rings. The summed E-state index contributed by atoms with van der Waals surface area (Å²) in [5.41, 5.74) is 8.25. The van der Waals surface area contributed by atoms with Gasteiger partial charge >= 0.3 is 6.18 Å². The fraction of sp³-hybridized carbons (Fsp3) is 0.429. The van der Waals surface area contributed by atoms with Gasteiger partial charge in [-0.15, -0.1) is 0 Å². The molecule has 1 aromatic carbocycles. The van der Waals surface area contributed by atoms with E-state index in [-0.39, 0.29) is 13.0 Å². The van der Waals surface area contributed by atoms with Crippen LogP contribution in [0.1, 0.15) is 17.5 Å². The van der Waals surface area contributed by atoms with Crippen LogP contribution >= 0.6 is 0 Å². The molecule has 5 heteroatoms. The summed E-state index contributed by atoms with van der Waals surface area (Å²) >= 11 is 0. The van der Waals surface area contributed by atoms with Gasteiger partial charge in [0, 0.05) is 30.9 Å². The van der Waals surface area contributed by atoms with E-state index in [1.807, 2.05) is 30.0 Å². The maximum atomic E-state index is 12.6. The van der Waals surface area contributed by atoms with E-state index in [0.29, 0.717) is 13.1 Å². The molecule has 2 N–H and O–H groups in total. The van der Waals surface area contributed by atoms with E-state index >= 15 is 0 Å². The zero-order valence-electron chi connectivity index (χ0n) is 10.8. The first-order valence-corrected chi connectivity index (χ1v) is 6.22. The smallest absolute Gasteiger partial charge is 0.367 e. The zero-order valence-corrected chi connectivity index (χ0v) is 10.8. The molecule has 1 heterocycles. The molecule has 0 atom stereocenters. The molecule has 0 amide bonds. The third kappa shape index (κ3) is 3.10. The average Bonchev–Trinajstić information content (AvgIpc) is 2.38. The van der Waals surface area contributed by atoms with Crippen LogP contribution in [0.4, 0.5) is 18.9 Å². The number of hydrogen-bond acceptors (Lipinski definition) is 2. The van der Waals surface area contributed by atoms with Crippen LogP contribution in [0.3, 0.4) is 0 Å². The Morgan fingerprint density at radius 2 is 2.05 bits per heavy atom. The van der Waals surface area contributed by atoms with Crippen LogP contribution in [-0.2, 0) is 6.54 Å². The first-order chi connectivity index (χ1) is 8.91. The van der Waals surface area contributed by atoms with Gasteiger partial charge in [-0.1, -0.05) is 18.2 Å². The Morgan fingerprint density at radius 1 is 1.32 bits per heavy atom. The number of halogens is 3. The molecule has 0 unspecified atom stereocenters. The quantitative estimate of drug-likeness (QED) is 0.836. The molecule has 0 fully saturated rings. The Labute approximate surface area is 110 Å². The fourth-order valence-electron chi connectivity index (χ4n) is 2.29. The van der Waals surface area contributed by atoms with Crippen molar-refractivity contribution in [2.45, 2.75) is 26.1 Å². The van der Waals surface area contributed by atoms with Crippen LogP contribution in [0, 0.1) is 6.92 Å². The van der Waals surface area contributed by atoms with Gasteiger partial charge in [0.1, 0.15) is 0 Å². The van der Waals surface area contributed by atoms with E-state index < -0.39 is 11.7 Å². The van der Waals surface area contributed by atoms with Gasteiger partial charge in [0.05, 0.1) is 0 Å². The number of aryl methyl sites for hydroxylation is 1. The van der Waals surface area contributed by atoms with Gasteiger partial charge < -0.3 is 10.6 Å². The fourth-order valence-corrected chi connectivity index (χ4v) is 2.29. The highest BCUT2D eigenvalue weighted by atomic mass is 19.4. The first-order valence-electron chi connectivity index (χ1n) is 6.22. The largest absolute Gasteiger partial charge is 0.412 e. The Morgan fingerprint density at radius 3 is 2.58 bits per heavy atom. The SMILES string of the molecule is Cc1ccc(CN)c(N2CC=C(C(F)(F)F)CC2)c1. The number of rotatable bonds is 2. The van der Waals surface area contributed by atoms with E-state index in [9.17, 15) is 13.2 Å². The summed E-state index contributed by atoms with van der Waals surface area (Å²) in [6.07, 6.45) is -2.90. The van der Waals surface area contributed by atoms with Crippen molar-refractivity contribution in [3.63, 3.8) is 0 Å². The van der Waals surface area contributed by atoms with E-state index in [2.05, 4.69) is 0 Å². The molecule has 0 aromatic heterocycles. The minimum Gasteiger partial charge on any atom is -0.367 e. The van der Waals surface area contributed by atoms with Gasteiger partial charge in [-0.2, -0.15) is 13.2 Å². The zero-order chi connectivity index (χ0) is 14.0. The highest BCUT2D eigenvalue weighted by Gasteiger charge is 2.34. The second-order valence-electron chi connectivity index (χ2n) is 4.76. The summed E-state index contributed by atoms with van der Waals surface area (Å²) in [5.74, 6) is 0. The number of nitrogens with zero attached hydrogens (tertiary/aromatic N) is 1. The molecule has 1 aliphatic heterocycles. The van der Waals surface area contributed by atoms with E-state index in [1.54, 1.807) is 0 Å². The van der Waals surface area contributed by atoms with Crippen LogP contribution in [0.2, 0.25) is 0 Å². The van der Waals surface area contributed by atoms with Gasteiger partial charge in [-0.25, -0.2) is 0 Å². The Bertz CT molecular complexity index is 492. The lowest BCUT2D eigenvalue weighted by Gasteiger charge is -2.31. The monoisotopic (exact) mass is 270 g/mol. The molecule has 0 bridgehead atoms. The highest BCUT2D eigenvalue weighted by Crippen LogP contribution is 2.32. The number of hydrogen-bond donors (Lipinski definition) is 1. The first kappa shape index (κ1) is 13.9. The lowest BCUT2D eigenvalue weighted by molar-refractivity contribution is -0.0943. The number of nitrogens with two attached hydrogens (primary N) is 1. The summed E-state index contributed by atoms with van der Waals surface area (Å²) < 4.78 is 37.7. The molecule has 2 nitrogen and oxygen atoms in total. The van der Waals surface area contributed by atoms with Crippen LogP contribution in [0.25, 0.3) is 0 Å². The van der Waals surface area contributed by atoms with Crippen molar-refractivity contribution < 1.29 is 13.2 Å². The molecule has 0 radical (unpaired) electrons. The number of alkyl halides is 3. The molecule has 0 saturated heterocycles. The van der Waals surface area contributed by atoms with E-state index in [4.69, 9.17) is 5.73 Å². The summed E-state index contributed by atoms with van der Waals surface area (Å²) in [4.78, 5) is 1.95. The van der Waals surface area contributed by atoms with Crippen LogP contribution in [-0.4, -0.2) is 19.3 Å². The molecular weight excluding hydrogens is 253 g/mol. The molecule has 0 aliphatic carbocycles. The predicted molar refractivity (Wildman–Crippen MR) is 70.0 cm³/mol. The van der Waals surface area contributed by atoms with Crippen molar-refractivity contribution in [3.8, 4) is 0 Å². The van der Waals surface area contributed by atoms with Crippen molar-refractivity contribution in [1.82, 2.24) is 0 Å². The molecule has 1 aliphatic rings. The van der Waals surface area contributed by atoms with Gasteiger partial charge in [0.2, 0.25) is 0 Å². The molecular formula is C14H17F3N2. The van der Waals surface area contributed by atoms with Crippen molar-refractivity contribution in [1.29, 1.82) is 0 Å². The van der Waals surface area contributed by atoms with Gasteiger partial charge in [-0.05, 0) is 30.5 Å². The van der Waals surface area contributed by atoms with Crippen LogP contribution in [0.5, 0.6) is 0 Å². The topological polar surface area (TPSA) is 29.3 Å². The average molecular weight is 270 g/mol. The minimum absolute atomic E-state index is 0.0292. The normalized spacial score (nSPS) is 16.5.